The first-order valence-electron chi connectivity index (χ1n) is 4.71. The molecule has 1 aliphatic rings. The van der Waals surface area contributed by atoms with Gasteiger partial charge in [0.25, 0.3) is 5.12 Å². The largest absolute Gasteiger partial charge is 0.465 e. The Hall–Kier alpha value is -1.89. The topological polar surface area (TPSA) is 89.5 Å². The monoisotopic (exact) mass is 255 g/mol. The van der Waals surface area contributed by atoms with E-state index >= 15 is 0 Å². The van der Waals surface area contributed by atoms with E-state index < -0.39 is 20.9 Å². The van der Waals surface area contributed by atoms with Crippen molar-refractivity contribution in [3.63, 3.8) is 0 Å². The van der Waals surface area contributed by atoms with Crippen LogP contribution in [0.3, 0.4) is 0 Å². The van der Waals surface area contributed by atoms with Crippen LogP contribution < -0.4 is 5.32 Å². The fraction of sp³-hybridized carbons (Fsp3) is 0.200. The number of anilines is 1. The summed E-state index contributed by atoms with van der Waals surface area (Å²) in [5, 5.41) is 1.76. The zero-order valence-corrected chi connectivity index (χ0v) is 9.71. The number of esters is 1. The lowest BCUT2D eigenvalue weighted by molar-refractivity contribution is -0.110. The first kappa shape index (κ1) is 11.6. The molecule has 1 heterocycles. The molecule has 0 saturated heterocycles. The van der Waals surface area contributed by atoms with Gasteiger partial charge in [0.05, 0.1) is 29.8 Å². The molecule has 0 radical (unpaired) electrons. The van der Waals surface area contributed by atoms with Gasteiger partial charge in [-0.1, -0.05) is 0 Å². The predicted molar refractivity (Wildman–Crippen MR) is 58.5 cm³/mol. The number of methoxy groups -OCH3 is 1. The zero-order valence-electron chi connectivity index (χ0n) is 8.89. The molecule has 0 saturated carbocycles. The van der Waals surface area contributed by atoms with E-state index in [0.29, 0.717) is 5.69 Å². The van der Waals surface area contributed by atoms with Gasteiger partial charge in [-0.15, -0.1) is 0 Å². The summed E-state index contributed by atoms with van der Waals surface area (Å²) >= 11 is 0. The molecule has 6 nitrogen and oxygen atoms in total. The zero-order chi connectivity index (χ0) is 12.6. The summed E-state index contributed by atoms with van der Waals surface area (Å²) in [5.41, 5.74) is 0.406. The molecule has 0 unspecified atom stereocenters. The molecule has 17 heavy (non-hydrogen) atoms. The second-order valence-corrected chi connectivity index (χ2v) is 5.33. The minimum Gasteiger partial charge on any atom is -0.465 e. The van der Waals surface area contributed by atoms with Gasteiger partial charge in [0.15, 0.2) is 0 Å². The van der Waals surface area contributed by atoms with Crippen molar-refractivity contribution in [3.8, 4) is 0 Å². The van der Waals surface area contributed by atoms with Gasteiger partial charge in [-0.25, -0.2) is 13.2 Å². The van der Waals surface area contributed by atoms with Gasteiger partial charge in [0.2, 0.25) is 9.84 Å². The maximum absolute atomic E-state index is 11.7. The van der Waals surface area contributed by atoms with Crippen LogP contribution in [0.2, 0.25) is 0 Å². The molecule has 2 rings (SSSR count). The van der Waals surface area contributed by atoms with Gasteiger partial charge < -0.3 is 10.1 Å². The van der Waals surface area contributed by atoms with Crippen molar-refractivity contribution in [1.29, 1.82) is 0 Å². The van der Waals surface area contributed by atoms with Crippen molar-refractivity contribution in [3.05, 3.63) is 23.8 Å². The molecule has 0 bridgehead atoms. The highest BCUT2D eigenvalue weighted by Crippen LogP contribution is 2.27. The summed E-state index contributed by atoms with van der Waals surface area (Å²) < 4.78 is 27.9. The Kier molecular flexibility index (Phi) is 2.62. The summed E-state index contributed by atoms with van der Waals surface area (Å²) in [4.78, 5) is 22.3. The molecule has 0 aromatic heterocycles. The number of carbonyl (C=O) groups excluding carboxylic acids is 2. The van der Waals surface area contributed by atoms with Crippen LogP contribution in [0.1, 0.15) is 10.4 Å². The highest BCUT2D eigenvalue weighted by atomic mass is 32.2. The van der Waals surface area contributed by atoms with Crippen LogP contribution in [0.4, 0.5) is 5.69 Å². The van der Waals surface area contributed by atoms with E-state index in [1.165, 1.54) is 19.2 Å². The van der Waals surface area contributed by atoms with Gasteiger partial charge in [0.1, 0.15) is 0 Å². The molecular weight excluding hydrogens is 246 g/mol. The van der Waals surface area contributed by atoms with E-state index in [1.54, 1.807) is 0 Å². The highest BCUT2D eigenvalue weighted by molar-refractivity contribution is 8.06. The van der Waals surface area contributed by atoms with E-state index in [9.17, 15) is 18.0 Å². The van der Waals surface area contributed by atoms with Crippen LogP contribution in [0.15, 0.2) is 23.1 Å². The lowest BCUT2D eigenvalue weighted by Gasteiger charge is -2.17. The highest BCUT2D eigenvalue weighted by Gasteiger charge is 2.32. The summed E-state index contributed by atoms with van der Waals surface area (Å²) in [7, 11) is -2.80. The van der Waals surface area contributed by atoms with Gasteiger partial charge in [-0.3, -0.25) is 4.79 Å². The van der Waals surface area contributed by atoms with Gasteiger partial charge in [0, 0.05) is 0 Å². The van der Waals surface area contributed by atoms with Crippen LogP contribution in [0.5, 0.6) is 0 Å². The minimum absolute atomic E-state index is 0.0892. The van der Waals surface area contributed by atoms with Crippen molar-refractivity contribution >= 4 is 26.6 Å². The number of hydrogen-bond acceptors (Lipinski definition) is 6. The number of benzene rings is 1. The summed E-state index contributed by atoms with van der Waals surface area (Å²) in [6, 6.07) is 4.01. The molecule has 0 atom stereocenters. The first-order valence-corrected chi connectivity index (χ1v) is 6.19. The SMILES string of the molecule is COC(=O)c1ccc2c(c1)S(=O)(=O)C(=O)CN2. The number of carbonyl (C=O) groups is 2. The molecule has 1 aromatic rings. The Labute approximate surface area is 97.5 Å². The quantitative estimate of drug-likeness (QED) is 0.721. The van der Waals surface area contributed by atoms with Crippen molar-refractivity contribution in [2.75, 3.05) is 19.0 Å². The molecular formula is C10H9NO5S. The van der Waals surface area contributed by atoms with Crippen molar-refractivity contribution in [2.24, 2.45) is 0 Å². The third kappa shape index (κ3) is 1.78. The average Bonchev–Trinajstić information content (AvgIpc) is 2.33. The van der Waals surface area contributed by atoms with E-state index in [0.717, 1.165) is 6.07 Å². The molecule has 1 N–H and O–H groups in total. The second kappa shape index (κ2) is 3.85. The summed E-state index contributed by atoms with van der Waals surface area (Å²) in [5.74, 6) is -0.652. The number of sulfone groups is 1. The minimum atomic E-state index is -3.99. The van der Waals surface area contributed by atoms with Crippen LogP contribution >= 0.6 is 0 Å². The molecule has 1 aliphatic heterocycles. The number of fused-ring (bicyclic) bond motifs is 1. The average molecular weight is 255 g/mol. The number of ether oxygens (including phenoxy) is 1. The van der Waals surface area contributed by atoms with Gasteiger partial charge in [-0.2, -0.15) is 0 Å². The molecule has 90 valence electrons. The lowest BCUT2D eigenvalue weighted by atomic mass is 10.2. The lowest BCUT2D eigenvalue weighted by Crippen LogP contribution is -2.29. The number of hydrogen-bond donors (Lipinski definition) is 1. The third-order valence-corrected chi connectivity index (χ3v) is 4.08. The van der Waals surface area contributed by atoms with E-state index in [-0.39, 0.29) is 17.0 Å². The van der Waals surface area contributed by atoms with Crippen LogP contribution in [-0.2, 0) is 19.4 Å². The van der Waals surface area contributed by atoms with Crippen molar-refractivity contribution in [1.82, 2.24) is 0 Å². The maximum Gasteiger partial charge on any atom is 0.337 e. The first-order chi connectivity index (χ1) is 7.96. The Morgan fingerprint density at radius 1 is 1.41 bits per heavy atom. The standard InChI is InChI=1S/C10H9NO5S/c1-16-10(13)6-2-3-7-8(4-6)17(14,15)9(12)5-11-7/h2-4,11H,5H2,1H3. The third-order valence-electron chi connectivity index (χ3n) is 2.42. The molecule has 0 amide bonds. The Balaban J connectivity index is 2.62. The van der Waals surface area contributed by atoms with Gasteiger partial charge in [-0.05, 0) is 18.2 Å². The van der Waals surface area contributed by atoms with E-state index in [4.69, 9.17) is 0 Å². The molecule has 0 spiro atoms. The van der Waals surface area contributed by atoms with E-state index in [1.807, 2.05) is 0 Å². The second-order valence-electron chi connectivity index (χ2n) is 3.43. The molecule has 0 fully saturated rings. The normalized spacial score (nSPS) is 16.9. The predicted octanol–water partition coefficient (Wildman–Crippen LogP) is 0.199. The van der Waals surface area contributed by atoms with Crippen molar-refractivity contribution in [2.45, 2.75) is 4.90 Å². The number of rotatable bonds is 1. The van der Waals surface area contributed by atoms with Crippen LogP contribution in [0.25, 0.3) is 0 Å². The number of nitrogens with one attached hydrogen (secondary N) is 1. The van der Waals surface area contributed by atoms with Crippen LogP contribution in [0, 0.1) is 0 Å². The van der Waals surface area contributed by atoms with Gasteiger partial charge >= 0.3 is 5.97 Å². The summed E-state index contributed by atoms with van der Waals surface area (Å²) in [6.45, 7) is -0.257. The van der Waals surface area contributed by atoms with Crippen LogP contribution in [-0.4, -0.2) is 33.2 Å². The fourth-order valence-electron chi connectivity index (χ4n) is 1.52. The molecule has 1 aromatic carbocycles. The van der Waals surface area contributed by atoms with Crippen molar-refractivity contribution < 1.29 is 22.7 Å². The Bertz CT molecular complexity index is 605. The molecule has 0 aliphatic carbocycles. The summed E-state index contributed by atoms with van der Waals surface area (Å²) in [6.07, 6.45) is 0. The fourth-order valence-corrected chi connectivity index (χ4v) is 2.74. The maximum atomic E-state index is 11.7. The Morgan fingerprint density at radius 2 is 2.12 bits per heavy atom. The van der Waals surface area contributed by atoms with E-state index in [2.05, 4.69) is 10.1 Å². The smallest absolute Gasteiger partial charge is 0.337 e. The molecule has 7 heteroatoms. The Morgan fingerprint density at radius 3 is 2.76 bits per heavy atom.